The molecule has 0 radical (unpaired) electrons. The summed E-state index contributed by atoms with van der Waals surface area (Å²) in [7, 11) is 0. The van der Waals surface area contributed by atoms with E-state index in [1.807, 2.05) is 23.1 Å². The molecule has 3 rings (SSSR count). The van der Waals surface area contributed by atoms with Gasteiger partial charge in [-0.1, -0.05) is 0 Å². The van der Waals surface area contributed by atoms with Gasteiger partial charge in [-0.15, -0.1) is 0 Å². The van der Waals surface area contributed by atoms with Crippen LogP contribution in [-0.2, 0) is 0 Å². The molecule has 1 fully saturated rings. The van der Waals surface area contributed by atoms with Crippen LogP contribution in [0.15, 0.2) is 24.5 Å². The monoisotopic (exact) mass is 258 g/mol. The SMILES string of the molecule is CC1CC(CN)CN1C(=O)c1ccc2nc[nH]c2c1. The van der Waals surface area contributed by atoms with Crippen molar-refractivity contribution >= 4 is 16.9 Å². The Morgan fingerprint density at radius 1 is 1.58 bits per heavy atom. The fourth-order valence-corrected chi connectivity index (χ4v) is 2.83. The van der Waals surface area contributed by atoms with Crippen molar-refractivity contribution in [1.82, 2.24) is 14.9 Å². The number of nitrogens with two attached hydrogens (primary N) is 1. The first-order chi connectivity index (χ1) is 9.19. The maximum atomic E-state index is 12.5. The maximum Gasteiger partial charge on any atom is 0.254 e. The van der Waals surface area contributed by atoms with Gasteiger partial charge in [0.2, 0.25) is 0 Å². The third-order valence-electron chi connectivity index (χ3n) is 3.92. The summed E-state index contributed by atoms with van der Waals surface area (Å²) in [4.78, 5) is 21.7. The number of aromatic amines is 1. The first-order valence-corrected chi connectivity index (χ1v) is 6.63. The van der Waals surface area contributed by atoms with E-state index in [9.17, 15) is 4.79 Å². The highest BCUT2D eigenvalue weighted by molar-refractivity contribution is 5.97. The van der Waals surface area contributed by atoms with Gasteiger partial charge in [-0.05, 0) is 44.0 Å². The Bertz CT molecular complexity index is 606. The molecule has 2 aromatic rings. The Morgan fingerprint density at radius 2 is 2.42 bits per heavy atom. The zero-order valence-corrected chi connectivity index (χ0v) is 11.0. The molecule has 0 aliphatic carbocycles. The van der Waals surface area contributed by atoms with E-state index in [-0.39, 0.29) is 11.9 Å². The van der Waals surface area contributed by atoms with Gasteiger partial charge in [-0.2, -0.15) is 0 Å². The first-order valence-electron chi connectivity index (χ1n) is 6.63. The van der Waals surface area contributed by atoms with Crippen molar-refractivity contribution in [1.29, 1.82) is 0 Å². The lowest BCUT2D eigenvalue weighted by Crippen LogP contribution is -2.34. The maximum absolute atomic E-state index is 12.5. The second-order valence-electron chi connectivity index (χ2n) is 5.28. The highest BCUT2D eigenvalue weighted by atomic mass is 16.2. The number of carbonyl (C=O) groups excluding carboxylic acids is 1. The van der Waals surface area contributed by atoms with Crippen LogP contribution in [-0.4, -0.2) is 39.9 Å². The van der Waals surface area contributed by atoms with Crippen LogP contribution in [0.3, 0.4) is 0 Å². The number of H-pyrrole nitrogens is 1. The Morgan fingerprint density at radius 3 is 3.16 bits per heavy atom. The van der Waals surface area contributed by atoms with Crippen molar-refractivity contribution in [2.45, 2.75) is 19.4 Å². The lowest BCUT2D eigenvalue weighted by molar-refractivity contribution is 0.0743. The third-order valence-corrected chi connectivity index (χ3v) is 3.92. The summed E-state index contributed by atoms with van der Waals surface area (Å²) < 4.78 is 0. The van der Waals surface area contributed by atoms with Crippen molar-refractivity contribution in [2.75, 3.05) is 13.1 Å². The minimum atomic E-state index is 0.0833. The quantitative estimate of drug-likeness (QED) is 0.854. The van der Waals surface area contributed by atoms with Gasteiger partial charge in [0, 0.05) is 18.2 Å². The molecular formula is C14H18N4O. The molecule has 1 aliphatic rings. The van der Waals surface area contributed by atoms with Gasteiger partial charge in [0.05, 0.1) is 17.4 Å². The number of nitrogens with zero attached hydrogens (tertiary/aromatic N) is 2. The highest BCUT2D eigenvalue weighted by Crippen LogP contribution is 2.24. The second kappa shape index (κ2) is 4.66. The Balaban J connectivity index is 1.87. The standard InChI is InChI=1S/C14H18N4O/c1-9-4-10(6-15)7-18(9)14(19)11-2-3-12-13(5-11)17-8-16-12/h2-3,5,8-10H,4,6-7,15H2,1H3,(H,16,17). The number of hydrogen-bond donors (Lipinski definition) is 2. The van der Waals surface area contributed by atoms with Crippen LogP contribution in [0.1, 0.15) is 23.7 Å². The van der Waals surface area contributed by atoms with Crippen LogP contribution >= 0.6 is 0 Å². The predicted molar refractivity (Wildman–Crippen MR) is 73.8 cm³/mol. The van der Waals surface area contributed by atoms with Gasteiger partial charge in [-0.25, -0.2) is 4.98 Å². The van der Waals surface area contributed by atoms with Gasteiger partial charge < -0.3 is 15.6 Å². The molecule has 19 heavy (non-hydrogen) atoms. The van der Waals surface area contributed by atoms with Gasteiger partial charge in [-0.3, -0.25) is 4.79 Å². The summed E-state index contributed by atoms with van der Waals surface area (Å²) in [5.41, 5.74) is 8.19. The number of benzene rings is 1. The summed E-state index contributed by atoms with van der Waals surface area (Å²) >= 11 is 0. The molecule has 2 unspecified atom stereocenters. The summed E-state index contributed by atoms with van der Waals surface area (Å²) in [6.07, 6.45) is 2.64. The van der Waals surface area contributed by atoms with Gasteiger partial charge in [0.1, 0.15) is 0 Å². The number of fused-ring (bicyclic) bond motifs is 1. The number of likely N-dealkylation sites (tertiary alicyclic amines) is 1. The van der Waals surface area contributed by atoms with Crippen molar-refractivity contribution in [3.8, 4) is 0 Å². The molecule has 2 heterocycles. The molecule has 1 amide bonds. The smallest absolute Gasteiger partial charge is 0.254 e. The molecule has 1 aromatic heterocycles. The van der Waals surface area contributed by atoms with Gasteiger partial charge in [0.15, 0.2) is 0 Å². The minimum Gasteiger partial charge on any atom is -0.345 e. The molecule has 5 nitrogen and oxygen atoms in total. The van der Waals surface area contributed by atoms with Crippen LogP contribution in [0.4, 0.5) is 0 Å². The van der Waals surface area contributed by atoms with E-state index >= 15 is 0 Å². The Kier molecular flexibility index (Phi) is 2.98. The number of carbonyl (C=O) groups is 1. The van der Waals surface area contributed by atoms with Crippen molar-refractivity contribution in [3.05, 3.63) is 30.1 Å². The molecule has 1 aromatic carbocycles. The Labute approximate surface area is 111 Å². The number of nitrogens with one attached hydrogen (secondary N) is 1. The summed E-state index contributed by atoms with van der Waals surface area (Å²) in [5, 5.41) is 0. The predicted octanol–water partition coefficient (Wildman–Crippen LogP) is 1.37. The largest absolute Gasteiger partial charge is 0.345 e. The van der Waals surface area contributed by atoms with E-state index in [0.717, 1.165) is 24.0 Å². The summed E-state index contributed by atoms with van der Waals surface area (Å²) in [6.45, 7) is 3.49. The number of hydrogen-bond acceptors (Lipinski definition) is 3. The fraction of sp³-hybridized carbons (Fsp3) is 0.429. The molecule has 0 bridgehead atoms. The number of imidazole rings is 1. The number of aromatic nitrogens is 2. The van der Waals surface area contributed by atoms with Crippen molar-refractivity contribution in [3.63, 3.8) is 0 Å². The second-order valence-corrected chi connectivity index (χ2v) is 5.28. The normalized spacial score (nSPS) is 23.2. The van der Waals surface area contributed by atoms with Crippen LogP contribution in [0.25, 0.3) is 11.0 Å². The van der Waals surface area contributed by atoms with Crippen LogP contribution in [0, 0.1) is 5.92 Å². The zero-order valence-electron chi connectivity index (χ0n) is 11.0. The van der Waals surface area contributed by atoms with E-state index in [4.69, 9.17) is 5.73 Å². The van der Waals surface area contributed by atoms with E-state index in [0.29, 0.717) is 18.0 Å². The van der Waals surface area contributed by atoms with Crippen LogP contribution in [0.5, 0.6) is 0 Å². The van der Waals surface area contributed by atoms with E-state index < -0.39 is 0 Å². The Hall–Kier alpha value is -1.88. The first kappa shape index (κ1) is 12.2. The van der Waals surface area contributed by atoms with Crippen LogP contribution < -0.4 is 5.73 Å². The van der Waals surface area contributed by atoms with Gasteiger partial charge in [0.25, 0.3) is 5.91 Å². The lowest BCUT2D eigenvalue weighted by Gasteiger charge is -2.21. The molecule has 0 saturated carbocycles. The molecule has 100 valence electrons. The topological polar surface area (TPSA) is 75.0 Å². The zero-order chi connectivity index (χ0) is 13.4. The van der Waals surface area contributed by atoms with Crippen molar-refractivity contribution < 1.29 is 4.79 Å². The molecule has 3 N–H and O–H groups in total. The molecule has 5 heteroatoms. The van der Waals surface area contributed by atoms with Gasteiger partial charge >= 0.3 is 0 Å². The third kappa shape index (κ3) is 2.10. The molecule has 1 aliphatic heterocycles. The minimum absolute atomic E-state index is 0.0833. The van der Waals surface area contributed by atoms with E-state index in [1.165, 1.54) is 0 Å². The summed E-state index contributed by atoms with van der Waals surface area (Å²) in [6, 6.07) is 5.85. The molecule has 2 atom stereocenters. The summed E-state index contributed by atoms with van der Waals surface area (Å²) in [5.74, 6) is 0.509. The number of rotatable bonds is 2. The molecular weight excluding hydrogens is 240 g/mol. The molecule has 0 spiro atoms. The van der Waals surface area contributed by atoms with E-state index in [2.05, 4.69) is 16.9 Å². The van der Waals surface area contributed by atoms with Crippen LogP contribution in [0.2, 0.25) is 0 Å². The molecule has 1 saturated heterocycles. The van der Waals surface area contributed by atoms with E-state index in [1.54, 1.807) is 6.33 Å². The average Bonchev–Trinajstić information content (AvgIpc) is 3.02. The fourth-order valence-electron chi connectivity index (χ4n) is 2.83. The number of amides is 1. The lowest BCUT2D eigenvalue weighted by atomic mass is 10.1. The average molecular weight is 258 g/mol. The van der Waals surface area contributed by atoms with Crippen molar-refractivity contribution in [2.24, 2.45) is 11.7 Å². The highest BCUT2D eigenvalue weighted by Gasteiger charge is 2.32.